The van der Waals surface area contributed by atoms with Crippen molar-refractivity contribution in [3.05, 3.63) is 72.8 Å². The smallest absolute Gasteiger partial charge is 0.248 e. The molecule has 0 saturated heterocycles. The average Bonchev–Trinajstić information content (AvgIpc) is 2.65. The van der Waals surface area contributed by atoms with Crippen LogP contribution in [0.4, 0.5) is 5.69 Å². The van der Waals surface area contributed by atoms with Gasteiger partial charge in [-0.15, -0.1) is 0 Å². The summed E-state index contributed by atoms with van der Waals surface area (Å²) in [4.78, 5) is 12.2. The summed E-state index contributed by atoms with van der Waals surface area (Å²) in [7, 11) is -3.55. The van der Waals surface area contributed by atoms with Gasteiger partial charge in [-0.2, -0.15) is 0 Å². The van der Waals surface area contributed by atoms with Crippen molar-refractivity contribution in [1.29, 1.82) is 0 Å². The third kappa shape index (κ3) is 6.68. The molecule has 7 heteroatoms. The van der Waals surface area contributed by atoms with E-state index in [1.165, 1.54) is 18.2 Å². The van der Waals surface area contributed by atoms with Crippen LogP contribution in [0.1, 0.15) is 19.4 Å². The molecule has 0 aromatic heterocycles. The number of ether oxygens (including phenoxy) is 1. The Morgan fingerprint density at radius 2 is 1.75 bits per heavy atom. The maximum atomic E-state index is 12.1. The fourth-order valence-corrected chi connectivity index (χ4v) is 3.53. The number of nitrogens with one attached hydrogen (secondary N) is 2. The van der Waals surface area contributed by atoms with Crippen LogP contribution in [0.15, 0.2) is 72.2 Å². The predicted molar refractivity (Wildman–Crippen MR) is 112 cm³/mol. The Morgan fingerprint density at radius 3 is 2.32 bits per heavy atom. The van der Waals surface area contributed by atoms with Gasteiger partial charge < -0.3 is 10.1 Å². The molecule has 0 atom stereocenters. The van der Waals surface area contributed by atoms with Crippen molar-refractivity contribution in [2.24, 2.45) is 0 Å². The molecule has 0 saturated carbocycles. The second-order valence-corrected chi connectivity index (χ2v) is 8.01. The molecule has 0 aliphatic heterocycles. The third-order valence-corrected chi connectivity index (χ3v) is 5.17. The predicted octanol–water partition coefficient (Wildman–Crippen LogP) is 3.59. The van der Waals surface area contributed by atoms with E-state index in [-0.39, 0.29) is 16.8 Å². The molecule has 2 rings (SSSR count). The molecular weight excluding hydrogens is 376 g/mol. The van der Waals surface area contributed by atoms with Crippen molar-refractivity contribution in [2.75, 3.05) is 11.9 Å². The highest BCUT2D eigenvalue weighted by Gasteiger charge is 2.14. The Hall–Kier alpha value is -2.90. The van der Waals surface area contributed by atoms with Gasteiger partial charge in [-0.05, 0) is 61.9 Å². The molecule has 2 aromatic carbocycles. The summed E-state index contributed by atoms with van der Waals surface area (Å²) in [5.74, 6) is 0.409. The molecule has 0 bridgehead atoms. The molecule has 0 aliphatic rings. The molecule has 0 spiro atoms. The Balaban J connectivity index is 1.95. The van der Waals surface area contributed by atoms with E-state index in [0.717, 1.165) is 11.3 Å². The van der Waals surface area contributed by atoms with Crippen molar-refractivity contribution in [3.63, 3.8) is 0 Å². The zero-order chi connectivity index (χ0) is 20.6. The Bertz CT molecular complexity index is 931. The standard InChI is InChI=1S/C21H24N2O4S/c1-4-15-27-19-10-5-17(6-11-19)7-14-21(24)22-18-8-12-20(13-9-18)28(25,26)23-16(2)3/h4-14,16,23H,1,15H2,2-3H3,(H,22,24)/b14-7+. The highest BCUT2D eigenvalue weighted by Crippen LogP contribution is 2.15. The van der Waals surface area contributed by atoms with Crippen LogP contribution >= 0.6 is 0 Å². The van der Waals surface area contributed by atoms with E-state index in [9.17, 15) is 13.2 Å². The number of carbonyl (C=O) groups is 1. The average molecular weight is 401 g/mol. The van der Waals surface area contributed by atoms with Gasteiger partial charge in [0.05, 0.1) is 4.90 Å². The molecule has 0 radical (unpaired) electrons. The van der Waals surface area contributed by atoms with Crippen LogP contribution in [0.3, 0.4) is 0 Å². The summed E-state index contributed by atoms with van der Waals surface area (Å²) < 4.78 is 32.1. The number of sulfonamides is 1. The molecule has 0 fully saturated rings. The number of hydrogen-bond donors (Lipinski definition) is 2. The van der Waals surface area contributed by atoms with Gasteiger partial charge in [0.15, 0.2) is 0 Å². The molecule has 0 heterocycles. The van der Waals surface area contributed by atoms with Gasteiger partial charge >= 0.3 is 0 Å². The van der Waals surface area contributed by atoms with Crippen LogP contribution in [0.2, 0.25) is 0 Å². The maximum Gasteiger partial charge on any atom is 0.248 e. The number of rotatable bonds is 9. The van der Waals surface area contributed by atoms with E-state index < -0.39 is 10.0 Å². The first-order valence-corrected chi connectivity index (χ1v) is 10.2. The number of carbonyl (C=O) groups excluding carboxylic acids is 1. The minimum atomic E-state index is -3.55. The molecule has 6 nitrogen and oxygen atoms in total. The summed E-state index contributed by atoms with van der Waals surface area (Å²) >= 11 is 0. The lowest BCUT2D eigenvalue weighted by Gasteiger charge is -2.10. The molecule has 0 aliphatic carbocycles. The third-order valence-electron chi connectivity index (χ3n) is 3.50. The van der Waals surface area contributed by atoms with Crippen molar-refractivity contribution in [1.82, 2.24) is 4.72 Å². The van der Waals surface area contributed by atoms with E-state index in [2.05, 4.69) is 16.6 Å². The van der Waals surface area contributed by atoms with E-state index in [0.29, 0.717) is 12.3 Å². The largest absolute Gasteiger partial charge is 0.490 e. The minimum Gasteiger partial charge on any atom is -0.490 e. The fourth-order valence-electron chi connectivity index (χ4n) is 2.28. The number of hydrogen-bond acceptors (Lipinski definition) is 4. The second-order valence-electron chi connectivity index (χ2n) is 6.29. The Labute approximate surface area is 166 Å². The van der Waals surface area contributed by atoms with Crippen LogP contribution in [-0.4, -0.2) is 27.0 Å². The van der Waals surface area contributed by atoms with E-state index in [1.54, 1.807) is 38.1 Å². The lowest BCUT2D eigenvalue weighted by molar-refractivity contribution is -0.111. The fraction of sp³-hybridized carbons (Fsp3) is 0.190. The summed E-state index contributed by atoms with van der Waals surface area (Å²) in [6.07, 6.45) is 4.75. The molecule has 148 valence electrons. The second kappa shape index (κ2) is 9.87. The molecular formula is C21H24N2O4S. The quantitative estimate of drug-likeness (QED) is 0.498. The summed E-state index contributed by atoms with van der Waals surface area (Å²) in [5.41, 5.74) is 1.36. The van der Waals surface area contributed by atoms with E-state index in [1.807, 2.05) is 24.3 Å². The van der Waals surface area contributed by atoms with Crippen molar-refractivity contribution in [3.8, 4) is 5.75 Å². The first kappa shape index (κ1) is 21.4. The zero-order valence-electron chi connectivity index (χ0n) is 15.9. The monoisotopic (exact) mass is 400 g/mol. The van der Waals surface area contributed by atoms with Crippen LogP contribution in [0, 0.1) is 0 Å². The number of anilines is 1. The summed E-state index contributed by atoms with van der Waals surface area (Å²) in [6, 6.07) is 13.1. The van der Waals surface area contributed by atoms with E-state index >= 15 is 0 Å². The lowest BCUT2D eigenvalue weighted by atomic mass is 10.2. The summed E-state index contributed by atoms with van der Waals surface area (Å²) in [5, 5.41) is 2.69. The van der Waals surface area contributed by atoms with Gasteiger partial charge in [0.25, 0.3) is 0 Å². The molecule has 1 amide bonds. The lowest BCUT2D eigenvalue weighted by Crippen LogP contribution is -2.30. The number of amides is 1. The van der Waals surface area contributed by atoms with E-state index in [4.69, 9.17) is 4.74 Å². The van der Waals surface area contributed by atoms with Gasteiger partial charge in [-0.1, -0.05) is 24.8 Å². The SMILES string of the molecule is C=CCOc1ccc(/C=C/C(=O)Nc2ccc(S(=O)(=O)NC(C)C)cc2)cc1. The van der Waals surface area contributed by atoms with Crippen molar-refractivity contribution < 1.29 is 17.9 Å². The normalized spacial score (nSPS) is 11.5. The molecule has 2 aromatic rings. The van der Waals surface area contributed by atoms with Crippen molar-refractivity contribution >= 4 is 27.7 Å². The highest BCUT2D eigenvalue weighted by atomic mass is 32.2. The van der Waals surface area contributed by atoms with Crippen LogP contribution in [0.25, 0.3) is 6.08 Å². The van der Waals surface area contributed by atoms with Gasteiger partial charge in [-0.25, -0.2) is 13.1 Å². The summed E-state index contributed by atoms with van der Waals surface area (Å²) in [6.45, 7) is 7.53. The van der Waals surface area contributed by atoms with Crippen LogP contribution in [0.5, 0.6) is 5.75 Å². The topological polar surface area (TPSA) is 84.5 Å². The first-order chi connectivity index (χ1) is 13.3. The van der Waals surface area contributed by atoms with Crippen LogP contribution < -0.4 is 14.8 Å². The van der Waals surface area contributed by atoms with Gasteiger partial charge in [0, 0.05) is 17.8 Å². The molecule has 2 N–H and O–H groups in total. The maximum absolute atomic E-state index is 12.1. The Morgan fingerprint density at radius 1 is 1.11 bits per heavy atom. The zero-order valence-corrected chi connectivity index (χ0v) is 16.7. The number of benzene rings is 2. The molecule has 0 unspecified atom stereocenters. The first-order valence-electron chi connectivity index (χ1n) is 8.75. The Kier molecular flexibility index (Phi) is 7.54. The van der Waals surface area contributed by atoms with Crippen LogP contribution in [-0.2, 0) is 14.8 Å². The molecule has 28 heavy (non-hydrogen) atoms. The van der Waals surface area contributed by atoms with Crippen molar-refractivity contribution in [2.45, 2.75) is 24.8 Å². The highest BCUT2D eigenvalue weighted by molar-refractivity contribution is 7.89. The van der Waals surface area contributed by atoms with Gasteiger partial charge in [0.2, 0.25) is 15.9 Å². The minimum absolute atomic E-state index is 0.147. The van der Waals surface area contributed by atoms with Gasteiger partial charge in [0.1, 0.15) is 12.4 Å². The van der Waals surface area contributed by atoms with Gasteiger partial charge in [-0.3, -0.25) is 4.79 Å².